The van der Waals surface area contributed by atoms with Crippen LogP contribution < -0.4 is 0 Å². The fourth-order valence-corrected chi connectivity index (χ4v) is 6.26. The molecule has 0 aliphatic rings. The molecule has 0 aliphatic carbocycles. The molecule has 0 unspecified atom stereocenters. The van der Waals surface area contributed by atoms with E-state index in [0.29, 0.717) is 23.9 Å². The molecule has 0 amide bonds. The van der Waals surface area contributed by atoms with Crippen LogP contribution in [0.3, 0.4) is 0 Å². The minimum atomic E-state index is -3.87. The fourth-order valence-electron chi connectivity index (χ4n) is 3.69. The fraction of sp³-hybridized carbons (Fsp3) is 0.333. The normalized spacial score (nSPS) is 14.9. The van der Waals surface area contributed by atoms with Crippen molar-refractivity contribution >= 4 is 19.7 Å². The molecule has 0 spiro atoms. The molecule has 0 atom stereocenters. The van der Waals surface area contributed by atoms with E-state index in [1.54, 1.807) is 44.2 Å². The maximum atomic E-state index is 13.5. The molecule has 0 heterocycles. The van der Waals surface area contributed by atoms with Gasteiger partial charge in [0.05, 0.1) is 14.7 Å². The standard InChI is InChI=1S/C36H48O6S2/c1-12-16-34(44(39,40)33(15-4)23-17-28(7)42-36(9,10)11)26-22-32(14-3)41-31(13-2)21-18-29(8)43(37,38)35-24-19-30(20-25-35)27(5)6/h13-27H,2,7,12H2,1,3-6,8-11H3/b23-17-,26-22-,29-18+,31-21+,32-14+,33-15+,34-16+. The third-order valence-electron chi connectivity index (χ3n) is 6.08. The Kier molecular flexibility index (Phi) is 14.9. The summed E-state index contributed by atoms with van der Waals surface area (Å²) in [4.78, 5) is 0.533. The highest BCUT2D eigenvalue weighted by Crippen LogP contribution is 2.25. The lowest BCUT2D eigenvalue weighted by atomic mass is 10.0. The Morgan fingerprint density at radius 1 is 0.886 bits per heavy atom. The molecule has 0 aliphatic heterocycles. The van der Waals surface area contributed by atoms with Gasteiger partial charge in [-0.15, -0.1) is 0 Å². The van der Waals surface area contributed by atoms with Crippen LogP contribution in [0, 0.1) is 0 Å². The molecule has 240 valence electrons. The molecule has 8 heteroatoms. The number of rotatable bonds is 15. The lowest BCUT2D eigenvalue weighted by molar-refractivity contribution is 0.0609. The number of hydrogen-bond acceptors (Lipinski definition) is 6. The molecule has 0 saturated heterocycles. The molecule has 0 radical (unpaired) electrons. The van der Waals surface area contributed by atoms with Crippen LogP contribution in [-0.4, -0.2) is 22.4 Å². The van der Waals surface area contributed by atoms with Crippen molar-refractivity contribution < 1.29 is 26.3 Å². The zero-order valence-electron chi connectivity index (χ0n) is 27.5. The maximum absolute atomic E-state index is 13.5. The highest BCUT2D eigenvalue weighted by molar-refractivity contribution is 7.99. The topological polar surface area (TPSA) is 86.7 Å². The number of sulfone groups is 2. The van der Waals surface area contributed by atoms with Crippen LogP contribution in [0.4, 0.5) is 0 Å². The van der Waals surface area contributed by atoms with Crippen molar-refractivity contribution in [2.75, 3.05) is 0 Å². The number of ether oxygens (including phenoxy) is 2. The largest absolute Gasteiger partial charge is 0.489 e. The van der Waals surface area contributed by atoms with Crippen LogP contribution in [-0.2, 0) is 29.1 Å². The van der Waals surface area contributed by atoms with Crippen molar-refractivity contribution in [2.45, 2.75) is 85.1 Å². The van der Waals surface area contributed by atoms with Crippen molar-refractivity contribution in [1.82, 2.24) is 0 Å². The average Bonchev–Trinajstić information content (AvgIpc) is 2.95. The van der Waals surface area contributed by atoms with Crippen molar-refractivity contribution in [2.24, 2.45) is 0 Å². The van der Waals surface area contributed by atoms with Gasteiger partial charge in [-0.05, 0) is 120 Å². The summed E-state index contributed by atoms with van der Waals surface area (Å²) in [6, 6.07) is 6.86. The Hall–Kier alpha value is -3.62. The quantitative estimate of drug-likeness (QED) is 0.140. The van der Waals surface area contributed by atoms with Gasteiger partial charge in [-0.2, -0.15) is 0 Å². The van der Waals surface area contributed by atoms with E-state index in [9.17, 15) is 16.8 Å². The third kappa shape index (κ3) is 11.8. The average molecular weight is 641 g/mol. The van der Waals surface area contributed by atoms with Gasteiger partial charge in [0.1, 0.15) is 22.9 Å². The number of allylic oxidation sites excluding steroid dienone is 11. The molecule has 0 bridgehead atoms. The Labute approximate surface area is 266 Å². The predicted octanol–water partition coefficient (Wildman–Crippen LogP) is 9.53. The molecule has 0 aromatic heterocycles. The zero-order chi connectivity index (χ0) is 33.7. The smallest absolute Gasteiger partial charge is 0.205 e. The molecule has 1 aromatic rings. The highest BCUT2D eigenvalue weighted by atomic mass is 32.2. The highest BCUT2D eigenvalue weighted by Gasteiger charge is 2.20. The van der Waals surface area contributed by atoms with Crippen molar-refractivity contribution in [3.63, 3.8) is 0 Å². The SMILES string of the molecule is C=C/C(=C\C=C(/C)S(=O)(=O)c1ccc(C(C)C)cc1)OC(/C=C\C(=C/CC)S(=O)(=O)C(/C=C\C(=C)OC(C)(C)C)=C/C)=C/C. The Bertz CT molecular complexity index is 1600. The van der Waals surface area contributed by atoms with E-state index in [0.717, 1.165) is 5.56 Å². The van der Waals surface area contributed by atoms with Gasteiger partial charge in [0.25, 0.3) is 0 Å². The second-order valence-corrected chi connectivity index (χ2v) is 15.2. The summed E-state index contributed by atoms with van der Waals surface area (Å²) in [6.07, 6.45) is 15.7. The second-order valence-electron chi connectivity index (χ2n) is 11.1. The van der Waals surface area contributed by atoms with Gasteiger partial charge in [-0.1, -0.05) is 58.2 Å². The van der Waals surface area contributed by atoms with E-state index in [1.165, 1.54) is 49.5 Å². The van der Waals surface area contributed by atoms with Crippen molar-refractivity contribution in [3.05, 3.63) is 136 Å². The summed E-state index contributed by atoms with van der Waals surface area (Å²) >= 11 is 0. The van der Waals surface area contributed by atoms with Gasteiger partial charge in [0.15, 0.2) is 0 Å². The summed E-state index contributed by atoms with van der Waals surface area (Å²) in [5.41, 5.74) is 0.593. The van der Waals surface area contributed by atoms with Crippen LogP contribution in [0.2, 0.25) is 0 Å². The molecule has 1 aromatic carbocycles. The van der Waals surface area contributed by atoms with Gasteiger partial charge in [-0.25, -0.2) is 16.8 Å². The molecule has 0 saturated carbocycles. The van der Waals surface area contributed by atoms with Crippen molar-refractivity contribution in [1.29, 1.82) is 0 Å². The minimum absolute atomic E-state index is 0.0933. The molecular formula is C36H48O6S2. The van der Waals surface area contributed by atoms with Crippen LogP contribution >= 0.6 is 0 Å². The zero-order valence-corrected chi connectivity index (χ0v) is 29.2. The Morgan fingerprint density at radius 3 is 1.95 bits per heavy atom. The van der Waals surface area contributed by atoms with E-state index in [-0.39, 0.29) is 25.4 Å². The summed E-state index contributed by atoms with van der Waals surface area (Å²) in [6.45, 7) is 24.1. The first-order valence-corrected chi connectivity index (χ1v) is 17.4. The first-order chi connectivity index (χ1) is 20.4. The van der Waals surface area contributed by atoms with Gasteiger partial charge in [0.2, 0.25) is 19.7 Å². The number of benzene rings is 1. The van der Waals surface area contributed by atoms with Crippen molar-refractivity contribution in [3.8, 4) is 0 Å². The summed E-state index contributed by atoms with van der Waals surface area (Å²) < 4.78 is 64.8. The van der Waals surface area contributed by atoms with Crippen LogP contribution in [0.25, 0.3) is 0 Å². The Morgan fingerprint density at radius 2 is 1.48 bits per heavy atom. The lowest BCUT2D eigenvalue weighted by Gasteiger charge is -2.21. The van der Waals surface area contributed by atoms with Gasteiger partial charge >= 0.3 is 0 Å². The molecular weight excluding hydrogens is 593 g/mol. The molecule has 0 fully saturated rings. The molecule has 44 heavy (non-hydrogen) atoms. The summed E-state index contributed by atoms with van der Waals surface area (Å²) in [5, 5.41) is 0. The lowest BCUT2D eigenvalue weighted by Crippen LogP contribution is -2.17. The first kappa shape index (κ1) is 38.4. The summed E-state index contributed by atoms with van der Waals surface area (Å²) in [7, 11) is -7.56. The van der Waals surface area contributed by atoms with E-state index in [1.807, 2.05) is 53.7 Å². The third-order valence-corrected chi connectivity index (χ3v) is 9.87. The van der Waals surface area contributed by atoms with E-state index in [4.69, 9.17) is 9.47 Å². The van der Waals surface area contributed by atoms with Gasteiger partial charge < -0.3 is 9.47 Å². The summed E-state index contributed by atoms with van der Waals surface area (Å²) in [5.74, 6) is 1.27. The van der Waals surface area contributed by atoms with E-state index in [2.05, 4.69) is 13.2 Å². The van der Waals surface area contributed by atoms with Crippen LogP contribution in [0.15, 0.2) is 135 Å². The van der Waals surface area contributed by atoms with Gasteiger partial charge in [-0.3, -0.25) is 0 Å². The predicted molar refractivity (Wildman–Crippen MR) is 184 cm³/mol. The Balaban J connectivity index is 3.24. The maximum Gasteiger partial charge on any atom is 0.205 e. The monoisotopic (exact) mass is 640 g/mol. The molecule has 1 rings (SSSR count). The second kappa shape index (κ2) is 17.0. The van der Waals surface area contributed by atoms with Crippen LogP contribution in [0.5, 0.6) is 0 Å². The molecule has 6 nitrogen and oxygen atoms in total. The first-order valence-electron chi connectivity index (χ1n) is 14.5. The molecule has 0 N–H and O–H groups in total. The van der Waals surface area contributed by atoms with Crippen LogP contribution in [0.1, 0.15) is 80.2 Å². The number of hydrogen-bond donors (Lipinski definition) is 0. The van der Waals surface area contributed by atoms with E-state index >= 15 is 0 Å². The van der Waals surface area contributed by atoms with E-state index < -0.39 is 25.3 Å². The minimum Gasteiger partial charge on any atom is -0.489 e. The van der Waals surface area contributed by atoms with Gasteiger partial charge in [0, 0.05) is 4.91 Å².